The molecule has 1 amide bonds. The first kappa shape index (κ1) is 16.9. The highest BCUT2D eigenvalue weighted by Crippen LogP contribution is 2.31. The van der Waals surface area contributed by atoms with E-state index in [4.69, 9.17) is 11.6 Å². The molecule has 3 rings (SSSR count). The first-order valence-electron chi connectivity index (χ1n) is 8.23. The van der Waals surface area contributed by atoms with Crippen molar-refractivity contribution in [2.75, 3.05) is 6.54 Å². The van der Waals surface area contributed by atoms with Crippen LogP contribution in [-0.2, 0) is 6.54 Å². The highest BCUT2D eigenvalue weighted by Gasteiger charge is 2.35. The Hall–Kier alpha value is -1.91. The Kier molecular flexibility index (Phi) is 5.17. The van der Waals surface area contributed by atoms with Gasteiger partial charge in [-0.25, -0.2) is 4.98 Å². The summed E-state index contributed by atoms with van der Waals surface area (Å²) in [6.07, 6.45) is 5.01. The topological polar surface area (TPSA) is 53.4 Å². The lowest BCUT2D eigenvalue weighted by molar-refractivity contribution is 0.00785. The molecule has 126 valence electrons. The second kappa shape index (κ2) is 7.32. The molecule has 0 aliphatic heterocycles. The van der Waals surface area contributed by atoms with Crippen LogP contribution in [-0.4, -0.2) is 33.0 Å². The van der Waals surface area contributed by atoms with Crippen molar-refractivity contribution in [2.24, 2.45) is 0 Å². The van der Waals surface area contributed by atoms with Crippen LogP contribution >= 0.6 is 11.6 Å². The maximum atomic E-state index is 13.0. The third kappa shape index (κ3) is 3.94. The van der Waals surface area contributed by atoms with Crippen LogP contribution in [0.4, 0.5) is 0 Å². The molecule has 0 spiro atoms. The molecule has 0 radical (unpaired) electrons. The van der Waals surface area contributed by atoms with Gasteiger partial charge in [0.25, 0.3) is 5.91 Å². The van der Waals surface area contributed by atoms with Gasteiger partial charge in [-0.05, 0) is 30.5 Å². The third-order valence-electron chi connectivity index (χ3n) is 4.51. The summed E-state index contributed by atoms with van der Waals surface area (Å²) in [6, 6.07) is 13.2. The van der Waals surface area contributed by atoms with Gasteiger partial charge >= 0.3 is 0 Å². The minimum Gasteiger partial charge on any atom is -0.388 e. The number of benzene rings is 1. The molecule has 4 nitrogen and oxygen atoms in total. The number of carbonyl (C=O) groups excluding carboxylic acids is 1. The van der Waals surface area contributed by atoms with E-state index in [9.17, 15) is 9.90 Å². The summed E-state index contributed by atoms with van der Waals surface area (Å²) in [6.45, 7) is 0.749. The average molecular weight is 345 g/mol. The molecule has 24 heavy (non-hydrogen) atoms. The van der Waals surface area contributed by atoms with Crippen LogP contribution in [0, 0.1) is 0 Å². The fourth-order valence-electron chi connectivity index (χ4n) is 3.27. The lowest BCUT2D eigenvalue weighted by Crippen LogP contribution is -2.44. The van der Waals surface area contributed by atoms with Gasteiger partial charge in [-0.15, -0.1) is 0 Å². The van der Waals surface area contributed by atoms with Crippen LogP contribution in [0.5, 0.6) is 0 Å². The van der Waals surface area contributed by atoms with Crippen LogP contribution in [0.1, 0.15) is 41.6 Å². The van der Waals surface area contributed by atoms with Crippen LogP contribution in [0.2, 0.25) is 5.15 Å². The summed E-state index contributed by atoms with van der Waals surface area (Å²) >= 11 is 6.10. The Labute approximate surface area is 147 Å². The molecule has 2 aromatic rings. The number of nitrogens with zero attached hydrogens (tertiary/aromatic N) is 2. The largest absolute Gasteiger partial charge is 0.388 e. The van der Waals surface area contributed by atoms with Gasteiger partial charge in [-0.3, -0.25) is 4.79 Å². The van der Waals surface area contributed by atoms with Crippen molar-refractivity contribution in [3.63, 3.8) is 0 Å². The lowest BCUT2D eigenvalue weighted by Gasteiger charge is -2.31. The molecule has 1 aliphatic carbocycles. The predicted octanol–water partition coefficient (Wildman–Crippen LogP) is 3.68. The van der Waals surface area contributed by atoms with Gasteiger partial charge in [0.05, 0.1) is 17.7 Å². The standard InChI is InChI=1S/C19H21ClN2O2/c20-17-16(9-6-12-21-17)18(23)22(13-15-7-2-1-3-8-15)14-19(24)10-4-5-11-19/h1-3,6-9,12,24H,4-5,10-11,13-14H2. The minimum atomic E-state index is -0.806. The second-order valence-corrected chi connectivity index (χ2v) is 6.78. The quantitative estimate of drug-likeness (QED) is 0.842. The summed E-state index contributed by atoms with van der Waals surface area (Å²) in [4.78, 5) is 18.7. The van der Waals surface area contributed by atoms with E-state index in [0.717, 1.165) is 31.2 Å². The number of rotatable bonds is 5. The second-order valence-electron chi connectivity index (χ2n) is 6.42. The maximum Gasteiger partial charge on any atom is 0.257 e. The van der Waals surface area contributed by atoms with Crippen molar-refractivity contribution in [2.45, 2.75) is 37.8 Å². The van der Waals surface area contributed by atoms with Crippen molar-refractivity contribution >= 4 is 17.5 Å². The fraction of sp³-hybridized carbons (Fsp3) is 0.368. The van der Waals surface area contributed by atoms with E-state index in [1.165, 1.54) is 0 Å². The van der Waals surface area contributed by atoms with Gasteiger partial charge in [0.1, 0.15) is 5.15 Å². The fourth-order valence-corrected chi connectivity index (χ4v) is 3.47. The van der Waals surface area contributed by atoms with Gasteiger partial charge in [0, 0.05) is 12.7 Å². The van der Waals surface area contributed by atoms with Crippen LogP contribution in [0.3, 0.4) is 0 Å². The van der Waals surface area contributed by atoms with E-state index in [0.29, 0.717) is 18.7 Å². The molecule has 1 aromatic carbocycles. The van der Waals surface area contributed by atoms with E-state index in [-0.39, 0.29) is 11.1 Å². The molecule has 1 saturated carbocycles. The summed E-state index contributed by atoms with van der Waals surface area (Å²) in [7, 11) is 0. The Balaban J connectivity index is 1.86. The zero-order valence-corrected chi connectivity index (χ0v) is 14.2. The molecule has 1 aromatic heterocycles. The Bertz CT molecular complexity index is 700. The van der Waals surface area contributed by atoms with E-state index in [1.807, 2.05) is 30.3 Å². The van der Waals surface area contributed by atoms with Crippen molar-refractivity contribution in [1.29, 1.82) is 0 Å². The lowest BCUT2D eigenvalue weighted by atomic mass is 10.0. The summed E-state index contributed by atoms with van der Waals surface area (Å²) in [5, 5.41) is 11.0. The smallest absolute Gasteiger partial charge is 0.257 e. The Morgan fingerprint density at radius 3 is 2.54 bits per heavy atom. The maximum absolute atomic E-state index is 13.0. The van der Waals surface area contributed by atoms with Crippen molar-refractivity contribution in [1.82, 2.24) is 9.88 Å². The molecule has 0 saturated heterocycles. The van der Waals surface area contributed by atoms with E-state index >= 15 is 0 Å². The Morgan fingerprint density at radius 2 is 1.88 bits per heavy atom. The highest BCUT2D eigenvalue weighted by molar-refractivity contribution is 6.32. The number of amides is 1. The molecular formula is C19H21ClN2O2. The molecule has 1 aliphatic rings. The van der Waals surface area contributed by atoms with E-state index in [1.54, 1.807) is 23.2 Å². The van der Waals surface area contributed by atoms with Crippen molar-refractivity contribution in [3.05, 3.63) is 64.9 Å². The van der Waals surface area contributed by atoms with Crippen LogP contribution in [0.25, 0.3) is 0 Å². The average Bonchev–Trinajstić information content (AvgIpc) is 3.01. The van der Waals surface area contributed by atoms with E-state index < -0.39 is 5.60 Å². The molecule has 5 heteroatoms. The van der Waals surface area contributed by atoms with Gasteiger partial charge in [0.2, 0.25) is 0 Å². The molecular weight excluding hydrogens is 324 g/mol. The molecule has 0 bridgehead atoms. The molecule has 1 fully saturated rings. The highest BCUT2D eigenvalue weighted by atomic mass is 35.5. The van der Waals surface area contributed by atoms with Crippen molar-refractivity contribution < 1.29 is 9.90 Å². The van der Waals surface area contributed by atoms with Gasteiger partial charge in [0.15, 0.2) is 0 Å². The van der Waals surface area contributed by atoms with Gasteiger partial charge in [-0.1, -0.05) is 54.8 Å². The van der Waals surface area contributed by atoms with E-state index in [2.05, 4.69) is 4.98 Å². The summed E-state index contributed by atoms with van der Waals surface area (Å²) in [5.41, 5.74) is 0.586. The molecule has 0 atom stereocenters. The number of halogens is 1. The third-order valence-corrected chi connectivity index (χ3v) is 4.81. The summed E-state index contributed by atoms with van der Waals surface area (Å²) < 4.78 is 0. The van der Waals surface area contributed by atoms with Crippen LogP contribution < -0.4 is 0 Å². The number of aliphatic hydroxyl groups is 1. The van der Waals surface area contributed by atoms with Crippen LogP contribution in [0.15, 0.2) is 48.7 Å². The molecule has 1 N–H and O–H groups in total. The number of aromatic nitrogens is 1. The van der Waals surface area contributed by atoms with Gasteiger partial charge in [-0.2, -0.15) is 0 Å². The Morgan fingerprint density at radius 1 is 1.17 bits per heavy atom. The number of hydrogen-bond acceptors (Lipinski definition) is 3. The monoisotopic (exact) mass is 344 g/mol. The van der Waals surface area contributed by atoms with Crippen molar-refractivity contribution in [3.8, 4) is 0 Å². The predicted molar refractivity (Wildman–Crippen MR) is 93.8 cm³/mol. The molecule has 1 heterocycles. The minimum absolute atomic E-state index is 0.193. The zero-order chi connectivity index (χ0) is 17.0. The normalized spacial score (nSPS) is 16.1. The summed E-state index contributed by atoms with van der Waals surface area (Å²) in [5.74, 6) is -0.197. The molecule has 0 unspecified atom stereocenters. The number of carbonyl (C=O) groups is 1. The van der Waals surface area contributed by atoms with Gasteiger partial charge < -0.3 is 10.0 Å². The number of pyridine rings is 1. The SMILES string of the molecule is O=C(c1cccnc1Cl)N(Cc1ccccc1)CC1(O)CCCC1. The number of hydrogen-bond donors (Lipinski definition) is 1. The first-order chi connectivity index (χ1) is 11.6. The first-order valence-corrected chi connectivity index (χ1v) is 8.61. The zero-order valence-electron chi connectivity index (χ0n) is 13.5.